The first kappa shape index (κ1) is 15.5. The number of hydrogen-bond donors (Lipinski definition) is 2. The lowest BCUT2D eigenvalue weighted by molar-refractivity contribution is -0.137. The summed E-state index contributed by atoms with van der Waals surface area (Å²) < 4.78 is 39.0. The van der Waals surface area contributed by atoms with Crippen LogP contribution in [0.1, 0.15) is 26.9 Å². The Kier molecular flexibility index (Phi) is 4.53. The monoisotopic (exact) mass is 364 g/mol. The van der Waals surface area contributed by atoms with Crippen LogP contribution in [0.2, 0.25) is 0 Å². The fourth-order valence-corrected chi connectivity index (χ4v) is 3.31. The predicted molar refractivity (Wildman–Crippen MR) is 77.4 cm³/mol. The molecule has 1 aromatic heterocycles. The zero-order chi connectivity index (χ0) is 14.9. The van der Waals surface area contributed by atoms with Crippen molar-refractivity contribution < 1.29 is 13.2 Å². The molecule has 0 fully saturated rings. The zero-order valence-corrected chi connectivity index (χ0v) is 12.9. The van der Waals surface area contributed by atoms with E-state index < -0.39 is 17.8 Å². The summed E-state index contributed by atoms with van der Waals surface area (Å²) in [5.41, 5.74) is 2.35. The molecule has 0 aliphatic carbocycles. The highest BCUT2D eigenvalue weighted by Gasteiger charge is 2.32. The van der Waals surface area contributed by atoms with Crippen molar-refractivity contribution in [3.8, 4) is 0 Å². The van der Waals surface area contributed by atoms with E-state index in [9.17, 15) is 13.2 Å². The maximum Gasteiger partial charge on any atom is 0.416 e. The lowest BCUT2D eigenvalue weighted by Gasteiger charge is -2.18. The second-order valence-electron chi connectivity index (χ2n) is 4.28. The van der Waals surface area contributed by atoms with Gasteiger partial charge in [-0.25, -0.2) is 5.43 Å². The van der Waals surface area contributed by atoms with E-state index in [0.29, 0.717) is 10.0 Å². The van der Waals surface area contributed by atoms with Gasteiger partial charge in [-0.15, -0.1) is 11.3 Å². The van der Waals surface area contributed by atoms with Crippen molar-refractivity contribution in [1.29, 1.82) is 0 Å². The summed E-state index contributed by atoms with van der Waals surface area (Å²) in [6.45, 7) is 1.93. The minimum atomic E-state index is -4.38. The Hall–Kier alpha value is -0.890. The van der Waals surface area contributed by atoms with Crippen molar-refractivity contribution >= 4 is 27.3 Å². The molecule has 2 aromatic rings. The number of thiophene rings is 1. The smallest absolute Gasteiger partial charge is 0.271 e. The minimum absolute atomic E-state index is 0.462. The molecule has 0 spiro atoms. The summed E-state index contributed by atoms with van der Waals surface area (Å²) >= 11 is 4.78. The Morgan fingerprint density at radius 2 is 1.95 bits per heavy atom. The molecule has 7 heteroatoms. The van der Waals surface area contributed by atoms with Gasteiger partial charge in [0.2, 0.25) is 0 Å². The van der Waals surface area contributed by atoms with Crippen LogP contribution in [0.3, 0.4) is 0 Å². The maximum absolute atomic E-state index is 12.8. The Morgan fingerprint density at radius 1 is 1.25 bits per heavy atom. The Balaban J connectivity index is 2.49. The number of nitrogens with two attached hydrogens (primary N) is 1. The Bertz CT molecular complexity index is 610. The van der Waals surface area contributed by atoms with E-state index >= 15 is 0 Å². The van der Waals surface area contributed by atoms with Gasteiger partial charge in [-0.1, -0.05) is 15.9 Å². The molecular weight excluding hydrogens is 353 g/mol. The largest absolute Gasteiger partial charge is 0.416 e. The van der Waals surface area contributed by atoms with E-state index in [2.05, 4.69) is 21.4 Å². The van der Waals surface area contributed by atoms with Gasteiger partial charge < -0.3 is 0 Å². The number of benzene rings is 1. The second kappa shape index (κ2) is 5.85. The number of nitrogens with one attached hydrogen (secondary N) is 1. The summed E-state index contributed by atoms with van der Waals surface area (Å²) in [7, 11) is 0. The maximum atomic E-state index is 12.8. The number of halogens is 4. The first-order chi connectivity index (χ1) is 9.32. The molecular formula is C13H12BrF3N2S. The van der Waals surface area contributed by atoms with Gasteiger partial charge in [-0.3, -0.25) is 5.84 Å². The number of aryl methyl sites for hydroxylation is 1. The van der Waals surface area contributed by atoms with Gasteiger partial charge in [-0.05, 0) is 42.8 Å². The van der Waals surface area contributed by atoms with E-state index in [-0.39, 0.29) is 0 Å². The minimum Gasteiger partial charge on any atom is -0.271 e. The van der Waals surface area contributed by atoms with E-state index in [0.717, 1.165) is 21.9 Å². The van der Waals surface area contributed by atoms with Gasteiger partial charge >= 0.3 is 6.18 Å². The molecule has 0 saturated carbocycles. The van der Waals surface area contributed by atoms with E-state index in [1.54, 1.807) is 0 Å². The Labute approximate surface area is 126 Å². The van der Waals surface area contributed by atoms with Crippen LogP contribution in [0.5, 0.6) is 0 Å². The quantitative estimate of drug-likeness (QED) is 0.626. The summed E-state index contributed by atoms with van der Waals surface area (Å²) in [6, 6.07) is 6.83. The highest BCUT2D eigenvalue weighted by Crippen LogP contribution is 2.36. The number of alkyl halides is 3. The van der Waals surface area contributed by atoms with Crippen LogP contribution in [0, 0.1) is 6.92 Å². The molecule has 0 aliphatic rings. The number of hydrazine groups is 1. The standard InChI is InChI=1S/C13H12BrF3N2S/c1-7-2-5-11(20-7)12(19-18)9-6-8(13(15,16)17)3-4-10(9)14/h2-6,12,19H,18H2,1H3. The van der Waals surface area contributed by atoms with Crippen LogP contribution in [-0.2, 0) is 6.18 Å². The van der Waals surface area contributed by atoms with Crippen LogP contribution >= 0.6 is 27.3 Å². The molecule has 1 aromatic carbocycles. The van der Waals surface area contributed by atoms with Crippen molar-refractivity contribution in [2.24, 2.45) is 5.84 Å². The highest BCUT2D eigenvalue weighted by molar-refractivity contribution is 9.10. The highest BCUT2D eigenvalue weighted by atomic mass is 79.9. The molecule has 0 amide bonds. The normalized spacial score (nSPS) is 13.5. The van der Waals surface area contributed by atoms with E-state index in [1.807, 2.05) is 19.1 Å². The number of hydrogen-bond acceptors (Lipinski definition) is 3. The van der Waals surface area contributed by atoms with E-state index in [1.165, 1.54) is 17.4 Å². The molecule has 3 N–H and O–H groups in total. The van der Waals surface area contributed by atoms with Gasteiger partial charge in [0.25, 0.3) is 0 Å². The molecule has 108 valence electrons. The second-order valence-corrected chi connectivity index (χ2v) is 6.46. The number of rotatable bonds is 3. The first-order valence-corrected chi connectivity index (χ1v) is 7.33. The molecule has 20 heavy (non-hydrogen) atoms. The fourth-order valence-electron chi connectivity index (χ4n) is 1.88. The van der Waals surface area contributed by atoms with Gasteiger partial charge in [0.05, 0.1) is 11.6 Å². The van der Waals surface area contributed by atoms with Crippen molar-refractivity contribution in [3.63, 3.8) is 0 Å². The van der Waals surface area contributed by atoms with Crippen LogP contribution < -0.4 is 11.3 Å². The third kappa shape index (κ3) is 3.22. The Morgan fingerprint density at radius 3 is 2.45 bits per heavy atom. The first-order valence-electron chi connectivity index (χ1n) is 5.72. The van der Waals surface area contributed by atoms with Crippen molar-refractivity contribution in [3.05, 3.63) is 55.7 Å². The third-order valence-corrected chi connectivity index (χ3v) is 4.63. The van der Waals surface area contributed by atoms with Crippen molar-refractivity contribution in [2.75, 3.05) is 0 Å². The van der Waals surface area contributed by atoms with Gasteiger partial charge in [0, 0.05) is 14.2 Å². The third-order valence-electron chi connectivity index (χ3n) is 2.85. The van der Waals surface area contributed by atoms with Gasteiger partial charge in [0.15, 0.2) is 0 Å². The molecule has 0 bridgehead atoms. The van der Waals surface area contributed by atoms with Crippen LogP contribution in [-0.4, -0.2) is 0 Å². The van der Waals surface area contributed by atoms with Gasteiger partial charge in [-0.2, -0.15) is 13.2 Å². The SMILES string of the molecule is Cc1ccc(C(NN)c2cc(C(F)(F)F)ccc2Br)s1. The fraction of sp³-hybridized carbons (Fsp3) is 0.231. The molecule has 1 heterocycles. The predicted octanol–water partition coefficient (Wildman–Crippen LogP) is 4.39. The lowest BCUT2D eigenvalue weighted by Crippen LogP contribution is -2.28. The van der Waals surface area contributed by atoms with Crippen molar-refractivity contribution in [1.82, 2.24) is 5.43 Å². The summed E-state index contributed by atoms with van der Waals surface area (Å²) in [5.74, 6) is 5.53. The summed E-state index contributed by atoms with van der Waals surface area (Å²) in [5, 5.41) is 0. The van der Waals surface area contributed by atoms with Crippen LogP contribution in [0.25, 0.3) is 0 Å². The van der Waals surface area contributed by atoms with Crippen LogP contribution in [0.15, 0.2) is 34.8 Å². The molecule has 0 radical (unpaired) electrons. The zero-order valence-electron chi connectivity index (χ0n) is 10.5. The summed E-state index contributed by atoms with van der Waals surface area (Å²) in [4.78, 5) is 1.94. The molecule has 0 aliphatic heterocycles. The molecule has 1 unspecified atom stereocenters. The average Bonchev–Trinajstić information content (AvgIpc) is 2.77. The molecule has 2 nitrogen and oxygen atoms in total. The molecule has 1 atom stereocenters. The summed E-state index contributed by atoms with van der Waals surface area (Å²) in [6.07, 6.45) is -4.38. The van der Waals surface area contributed by atoms with Gasteiger partial charge in [0.1, 0.15) is 0 Å². The lowest BCUT2D eigenvalue weighted by atomic mass is 10.0. The average molecular weight is 365 g/mol. The van der Waals surface area contributed by atoms with Crippen molar-refractivity contribution in [2.45, 2.75) is 19.1 Å². The molecule has 0 saturated heterocycles. The topological polar surface area (TPSA) is 38.0 Å². The van der Waals surface area contributed by atoms with E-state index in [4.69, 9.17) is 5.84 Å². The molecule has 2 rings (SSSR count). The van der Waals surface area contributed by atoms with Crippen LogP contribution in [0.4, 0.5) is 13.2 Å².